The van der Waals surface area contributed by atoms with E-state index < -0.39 is 0 Å². The first-order valence-corrected chi connectivity index (χ1v) is 8.45. The number of hydrogen-bond donors (Lipinski definition) is 2. The number of nitrogens with one attached hydrogen (secondary N) is 2. The van der Waals surface area contributed by atoms with Gasteiger partial charge >= 0.3 is 0 Å². The van der Waals surface area contributed by atoms with Gasteiger partial charge in [-0.3, -0.25) is 0 Å². The number of benzene rings is 2. The molecule has 0 saturated carbocycles. The zero-order valence-corrected chi connectivity index (χ0v) is 14.4. The number of ether oxygens (including phenoxy) is 1. The van der Waals surface area contributed by atoms with Gasteiger partial charge in [0.15, 0.2) is 5.11 Å². The number of aryl methyl sites for hydroxylation is 1. The average molecular weight is 332 g/mol. The van der Waals surface area contributed by atoms with Gasteiger partial charge in [-0.15, -0.1) is 11.8 Å². The van der Waals surface area contributed by atoms with Gasteiger partial charge in [0.05, 0.1) is 7.11 Å². The summed E-state index contributed by atoms with van der Waals surface area (Å²) in [6, 6.07) is 16.2. The van der Waals surface area contributed by atoms with Crippen LogP contribution in [-0.2, 0) is 0 Å². The highest BCUT2D eigenvalue weighted by atomic mass is 32.2. The second-order valence-corrected chi connectivity index (χ2v) is 6.35. The van der Waals surface area contributed by atoms with Gasteiger partial charge in [0.1, 0.15) is 5.75 Å². The van der Waals surface area contributed by atoms with Gasteiger partial charge in [0.2, 0.25) is 0 Å². The largest absolute Gasteiger partial charge is 0.497 e. The van der Waals surface area contributed by atoms with E-state index in [0.717, 1.165) is 23.7 Å². The predicted molar refractivity (Wildman–Crippen MR) is 99.1 cm³/mol. The molecule has 116 valence electrons. The van der Waals surface area contributed by atoms with E-state index in [2.05, 4.69) is 41.8 Å². The van der Waals surface area contributed by atoms with Crippen LogP contribution in [-0.4, -0.2) is 24.5 Å². The van der Waals surface area contributed by atoms with E-state index in [9.17, 15) is 0 Å². The molecule has 3 nitrogen and oxygen atoms in total. The van der Waals surface area contributed by atoms with Crippen molar-refractivity contribution in [2.24, 2.45) is 0 Å². The van der Waals surface area contributed by atoms with Crippen LogP contribution in [0.1, 0.15) is 5.56 Å². The molecule has 0 amide bonds. The van der Waals surface area contributed by atoms with Crippen molar-refractivity contribution < 1.29 is 4.74 Å². The normalized spacial score (nSPS) is 10.1. The molecule has 0 heterocycles. The molecule has 0 radical (unpaired) electrons. The summed E-state index contributed by atoms with van der Waals surface area (Å²) in [7, 11) is 1.65. The Kier molecular flexibility index (Phi) is 6.55. The number of hydrogen-bond acceptors (Lipinski definition) is 3. The summed E-state index contributed by atoms with van der Waals surface area (Å²) in [6.45, 7) is 2.91. The van der Waals surface area contributed by atoms with Crippen molar-refractivity contribution >= 4 is 34.8 Å². The monoisotopic (exact) mass is 332 g/mol. The van der Waals surface area contributed by atoms with E-state index >= 15 is 0 Å². The van der Waals surface area contributed by atoms with Gasteiger partial charge < -0.3 is 15.4 Å². The van der Waals surface area contributed by atoms with Gasteiger partial charge in [-0.05, 0) is 43.4 Å². The average Bonchev–Trinajstić information content (AvgIpc) is 2.53. The summed E-state index contributed by atoms with van der Waals surface area (Å²) < 4.78 is 5.19. The van der Waals surface area contributed by atoms with Crippen molar-refractivity contribution in [1.29, 1.82) is 0 Å². The van der Waals surface area contributed by atoms with Crippen LogP contribution in [0.3, 0.4) is 0 Å². The fourth-order valence-electron chi connectivity index (χ4n) is 1.84. The molecule has 2 aromatic carbocycles. The molecule has 0 saturated heterocycles. The van der Waals surface area contributed by atoms with Crippen molar-refractivity contribution in [3.8, 4) is 5.75 Å². The molecule has 0 aliphatic rings. The van der Waals surface area contributed by atoms with Crippen molar-refractivity contribution in [2.45, 2.75) is 11.8 Å². The Morgan fingerprint density at radius 3 is 2.68 bits per heavy atom. The summed E-state index contributed by atoms with van der Waals surface area (Å²) in [5.74, 6) is 1.77. The van der Waals surface area contributed by atoms with Crippen LogP contribution in [0.2, 0.25) is 0 Å². The standard InChI is InChI=1S/C17H20N2OS2/c1-13-6-8-16(9-7-13)22-11-10-18-17(21)19-14-4-3-5-15(12-14)20-2/h3-9,12H,10-11H2,1-2H3,(H2,18,19,21). The van der Waals surface area contributed by atoms with Crippen LogP contribution in [0.5, 0.6) is 5.75 Å². The summed E-state index contributed by atoms with van der Waals surface area (Å²) >= 11 is 7.10. The fraction of sp³-hybridized carbons (Fsp3) is 0.235. The fourth-order valence-corrected chi connectivity index (χ4v) is 2.83. The predicted octanol–water partition coefficient (Wildman–Crippen LogP) is 4.08. The van der Waals surface area contributed by atoms with Crippen LogP contribution in [0.4, 0.5) is 5.69 Å². The topological polar surface area (TPSA) is 33.3 Å². The molecule has 0 unspecified atom stereocenters. The third kappa shape index (κ3) is 5.58. The molecule has 0 atom stereocenters. The molecule has 0 bridgehead atoms. The van der Waals surface area contributed by atoms with E-state index in [-0.39, 0.29) is 0 Å². The third-order valence-electron chi connectivity index (χ3n) is 3.00. The van der Waals surface area contributed by atoms with Crippen molar-refractivity contribution in [3.63, 3.8) is 0 Å². The van der Waals surface area contributed by atoms with Crippen LogP contribution < -0.4 is 15.4 Å². The lowest BCUT2D eigenvalue weighted by atomic mass is 10.2. The van der Waals surface area contributed by atoms with E-state index in [1.54, 1.807) is 7.11 Å². The zero-order valence-electron chi connectivity index (χ0n) is 12.8. The first-order chi connectivity index (χ1) is 10.7. The molecule has 2 rings (SSSR count). The maximum Gasteiger partial charge on any atom is 0.170 e. The minimum Gasteiger partial charge on any atom is -0.497 e. The second-order valence-electron chi connectivity index (χ2n) is 4.77. The Balaban J connectivity index is 1.70. The lowest BCUT2D eigenvalue weighted by molar-refractivity contribution is 0.415. The Bertz CT molecular complexity index is 614. The Labute approximate surface area is 141 Å². The number of thioether (sulfide) groups is 1. The molecule has 0 fully saturated rings. The SMILES string of the molecule is COc1cccc(NC(=S)NCCSc2ccc(C)cc2)c1. The molecular formula is C17H20N2OS2. The maximum atomic E-state index is 5.29. The number of anilines is 1. The Morgan fingerprint density at radius 2 is 1.95 bits per heavy atom. The molecule has 0 aliphatic carbocycles. The minimum absolute atomic E-state index is 0.623. The molecule has 22 heavy (non-hydrogen) atoms. The first-order valence-electron chi connectivity index (χ1n) is 7.06. The van der Waals surface area contributed by atoms with Crippen LogP contribution in [0, 0.1) is 6.92 Å². The lowest BCUT2D eigenvalue weighted by Crippen LogP contribution is -2.30. The number of thiocarbonyl (C=S) groups is 1. The molecular weight excluding hydrogens is 312 g/mol. The van der Waals surface area contributed by atoms with Crippen LogP contribution in [0.15, 0.2) is 53.4 Å². The second kappa shape index (κ2) is 8.66. The maximum absolute atomic E-state index is 5.29. The van der Waals surface area contributed by atoms with E-state index in [1.165, 1.54) is 10.5 Å². The highest BCUT2D eigenvalue weighted by Crippen LogP contribution is 2.18. The van der Waals surface area contributed by atoms with Crippen molar-refractivity contribution in [1.82, 2.24) is 5.32 Å². The lowest BCUT2D eigenvalue weighted by Gasteiger charge is -2.11. The summed E-state index contributed by atoms with van der Waals surface area (Å²) in [4.78, 5) is 1.28. The van der Waals surface area contributed by atoms with E-state index in [0.29, 0.717) is 5.11 Å². The number of rotatable bonds is 6. The summed E-state index contributed by atoms with van der Waals surface area (Å²) in [6.07, 6.45) is 0. The minimum atomic E-state index is 0.623. The van der Waals surface area contributed by atoms with Crippen molar-refractivity contribution in [2.75, 3.05) is 24.7 Å². The molecule has 5 heteroatoms. The summed E-state index contributed by atoms with van der Waals surface area (Å²) in [5.41, 5.74) is 2.20. The van der Waals surface area contributed by atoms with Crippen molar-refractivity contribution in [3.05, 3.63) is 54.1 Å². The first kappa shape index (κ1) is 16.6. The molecule has 2 N–H and O–H groups in total. The quantitative estimate of drug-likeness (QED) is 0.473. The van der Waals surface area contributed by atoms with Gasteiger partial charge in [0.25, 0.3) is 0 Å². The van der Waals surface area contributed by atoms with Gasteiger partial charge in [-0.25, -0.2) is 0 Å². The third-order valence-corrected chi connectivity index (χ3v) is 4.27. The summed E-state index contributed by atoms with van der Waals surface area (Å²) in [5, 5.41) is 6.99. The highest BCUT2D eigenvalue weighted by Gasteiger charge is 1.99. The van der Waals surface area contributed by atoms with Gasteiger partial charge in [-0.2, -0.15) is 0 Å². The smallest absolute Gasteiger partial charge is 0.170 e. The Hall–Kier alpha value is -1.72. The van der Waals surface area contributed by atoms with E-state index in [1.807, 2.05) is 36.0 Å². The number of methoxy groups -OCH3 is 1. The Morgan fingerprint density at radius 1 is 1.18 bits per heavy atom. The molecule has 0 aromatic heterocycles. The van der Waals surface area contributed by atoms with E-state index in [4.69, 9.17) is 17.0 Å². The van der Waals surface area contributed by atoms with Crippen LogP contribution >= 0.6 is 24.0 Å². The van der Waals surface area contributed by atoms with Crippen LogP contribution in [0.25, 0.3) is 0 Å². The molecule has 2 aromatic rings. The highest BCUT2D eigenvalue weighted by molar-refractivity contribution is 7.99. The molecule has 0 aliphatic heterocycles. The van der Waals surface area contributed by atoms with Gasteiger partial charge in [0, 0.05) is 28.9 Å². The zero-order chi connectivity index (χ0) is 15.8. The van der Waals surface area contributed by atoms with Gasteiger partial charge in [-0.1, -0.05) is 23.8 Å². The molecule has 0 spiro atoms.